The Morgan fingerprint density at radius 3 is 2.48 bits per heavy atom. The molecule has 2 aromatic heterocycles. The SMILES string of the molecule is CCc1ccc(-c2csc3ncnc(NCc4ccccc4)c23)cc1. The molecule has 0 radical (unpaired) electrons. The smallest absolute Gasteiger partial charge is 0.139 e. The number of hydrogen-bond acceptors (Lipinski definition) is 4. The van der Waals surface area contributed by atoms with Crippen molar-refractivity contribution in [2.75, 3.05) is 5.32 Å². The van der Waals surface area contributed by atoms with E-state index in [9.17, 15) is 0 Å². The van der Waals surface area contributed by atoms with E-state index in [0.717, 1.165) is 29.0 Å². The Bertz CT molecular complexity index is 975. The molecule has 0 aliphatic heterocycles. The van der Waals surface area contributed by atoms with Crippen LogP contribution in [0.2, 0.25) is 0 Å². The highest BCUT2D eigenvalue weighted by Gasteiger charge is 2.13. The average Bonchev–Trinajstić information content (AvgIpc) is 3.12. The molecule has 2 aromatic carbocycles. The molecule has 0 fully saturated rings. The fourth-order valence-electron chi connectivity index (χ4n) is 2.92. The summed E-state index contributed by atoms with van der Waals surface area (Å²) in [6.45, 7) is 2.92. The van der Waals surface area contributed by atoms with E-state index in [4.69, 9.17) is 0 Å². The Labute approximate surface area is 151 Å². The molecule has 3 nitrogen and oxygen atoms in total. The summed E-state index contributed by atoms with van der Waals surface area (Å²) in [6.07, 6.45) is 2.69. The van der Waals surface area contributed by atoms with Crippen LogP contribution in [0, 0.1) is 0 Å². The number of nitrogens with one attached hydrogen (secondary N) is 1. The van der Waals surface area contributed by atoms with Gasteiger partial charge in [0.25, 0.3) is 0 Å². The van der Waals surface area contributed by atoms with Gasteiger partial charge in [-0.25, -0.2) is 9.97 Å². The van der Waals surface area contributed by atoms with E-state index in [1.807, 2.05) is 6.07 Å². The van der Waals surface area contributed by atoms with E-state index < -0.39 is 0 Å². The zero-order chi connectivity index (χ0) is 17.1. The number of rotatable bonds is 5. The summed E-state index contributed by atoms with van der Waals surface area (Å²) in [5.74, 6) is 0.893. The normalized spacial score (nSPS) is 10.9. The molecule has 4 aromatic rings. The van der Waals surface area contributed by atoms with Crippen LogP contribution >= 0.6 is 11.3 Å². The molecule has 0 amide bonds. The third-order valence-corrected chi connectivity index (χ3v) is 5.23. The average molecular weight is 345 g/mol. The van der Waals surface area contributed by atoms with Crippen LogP contribution in [0.3, 0.4) is 0 Å². The van der Waals surface area contributed by atoms with E-state index in [1.54, 1.807) is 17.7 Å². The van der Waals surface area contributed by atoms with Crippen molar-refractivity contribution >= 4 is 27.4 Å². The van der Waals surface area contributed by atoms with Crippen LogP contribution in [0.5, 0.6) is 0 Å². The number of anilines is 1. The zero-order valence-corrected chi connectivity index (χ0v) is 14.9. The van der Waals surface area contributed by atoms with Crippen LogP contribution in [0.15, 0.2) is 66.3 Å². The first kappa shape index (κ1) is 15.8. The standard InChI is InChI=1S/C21H19N3S/c1-2-15-8-10-17(11-9-15)18-13-25-21-19(18)20(23-14-24-21)22-12-16-6-4-3-5-7-16/h3-11,13-14H,2,12H2,1H3,(H,22,23,24). The molecular formula is C21H19N3S. The van der Waals surface area contributed by atoms with Crippen molar-refractivity contribution in [2.24, 2.45) is 0 Å². The van der Waals surface area contributed by atoms with Gasteiger partial charge in [-0.3, -0.25) is 0 Å². The number of aryl methyl sites for hydroxylation is 1. The summed E-state index contributed by atoms with van der Waals surface area (Å²) < 4.78 is 0. The van der Waals surface area contributed by atoms with Crippen LogP contribution < -0.4 is 5.32 Å². The van der Waals surface area contributed by atoms with Crippen LogP contribution in [-0.2, 0) is 13.0 Å². The van der Waals surface area contributed by atoms with Gasteiger partial charge in [-0.15, -0.1) is 11.3 Å². The van der Waals surface area contributed by atoms with Gasteiger partial charge < -0.3 is 5.32 Å². The molecule has 1 N–H and O–H groups in total. The lowest BCUT2D eigenvalue weighted by Crippen LogP contribution is -2.02. The maximum absolute atomic E-state index is 4.50. The molecule has 25 heavy (non-hydrogen) atoms. The lowest BCUT2D eigenvalue weighted by Gasteiger charge is -2.09. The van der Waals surface area contributed by atoms with E-state index >= 15 is 0 Å². The summed E-state index contributed by atoms with van der Waals surface area (Å²) in [6, 6.07) is 19.1. The number of nitrogens with zero attached hydrogens (tertiary/aromatic N) is 2. The molecule has 4 rings (SSSR count). The highest BCUT2D eigenvalue weighted by atomic mass is 32.1. The van der Waals surface area contributed by atoms with E-state index in [2.05, 4.69) is 76.1 Å². The first-order chi connectivity index (χ1) is 12.3. The summed E-state index contributed by atoms with van der Waals surface area (Å²) in [4.78, 5) is 9.96. The Balaban J connectivity index is 1.71. The van der Waals surface area contributed by atoms with Crippen molar-refractivity contribution in [2.45, 2.75) is 19.9 Å². The second-order valence-electron chi connectivity index (χ2n) is 5.94. The molecule has 0 atom stereocenters. The molecule has 0 aliphatic carbocycles. The molecule has 0 unspecified atom stereocenters. The largest absolute Gasteiger partial charge is 0.365 e. The minimum absolute atomic E-state index is 0.747. The van der Waals surface area contributed by atoms with Crippen molar-refractivity contribution in [1.82, 2.24) is 9.97 Å². The number of thiophene rings is 1. The number of aromatic nitrogens is 2. The van der Waals surface area contributed by atoms with E-state index in [1.165, 1.54) is 22.3 Å². The van der Waals surface area contributed by atoms with Crippen LogP contribution in [0.25, 0.3) is 21.3 Å². The maximum Gasteiger partial charge on any atom is 0.139 e. The molecule has 0 saturated heterocycles. The summed E-state index contributed by atoms with van der Waals surface area (Å²) in [5, 5.41) is 6.76. The molecule has 0 aliphatic rings. The predicted molar refractivity (Wildman–Crippen MR) is 106 cm³/mol. The second-order valence-corrected chi connectivity index (χ2v) is 6.80. The third kappa shape index (κ3) is 3.26. The van der Waals surface area contributed by atoms with Crippen LogP contribution in [0.1, 0.15) is 18.1 Å². The molecule has 124 valence electrons. The fraction of sp³-hybridized carbons (Fsp3) is 0.143. The van der Waals surface area contributed by atoms with Gasteiger partial charge >= 0.3 is 0 Å². The quantitative estimate of drug-likeness (QED) is 0.516. The molecule has 0 spiro atoms. The number of hydrogen-bond donors (Lipinski definition) is 1. The molecular weight excluding hydrogens is 326 g/mol. The zero-order valence-electron chi connectivity index (χ0n) is 14.1. The summed E-state index contributed by atoms with van der Waals surface area (Å²) in [5.41, 5.74) is 4.99. The highest BCUT2D eigenvalue weighted by Crippen LogP contribution is 2.36. The summed E-state index contributed by atoms with van der Waals surface area (Å²) in [7, 11) is 0. The van der Waals surface area contributed by atoms with Crippen LogP contribution in [-0.4, -0.2) is 9.97 Å². The minimum Gasteiger partial charge on any atom is -0.365 e. The van der Waals surface area contributed by atoms with E-state index in [0.29, 0.717) is 0 Å². The first-order valence-electron chi connectivity index (χ1n) is 8.44. The van der Waals surface area contributed by atoms with Gasteiger partial charge in [-0.05, 0) is 23.1 Å². The highest BCUT2D eigenvalue weighted by molar-refractivity contribution is 7.17. The van der Waals surface area contributed by atoms with Crippen molar-refractivity contribution in [3.8, 4) is 11.1 Å². The molecule has 4 heteroatoms. The fourth-order valence-corrected chi connectivity index (χ4v) is 3.84. The maximum atomic E-state index is 4.50. The molecule has 0 bridgehead atoms. The molecule has 0 saturated carbocycles. The lowest BCUT2D eigenvalue weighted by atomic mass is 10.0. The van der Waals surface area contributed by atoms with E-state index in [-0.39, 0.29) is 0 Å². The minimum atomic E-state index is 0.747. The first-order valence-corrected chi connectivity index (χ1v) is 9.32. The van der Waals surface area contributed by atoms with Gasteiger partial charge in [0.15, 0.2) is 0 Å². The Morgan fingerprint density at radius 2 is 1.72 bits per heavy atom. The Kier molecular flexibility index (Phi) is 4.44. The second kappa shape index (κ2) is 7.03. The number of fused-ring (bicyclic) bond motifs is 1. The van der Waals surface area contributed by atoms with Gasteiger partial charge in [-0.2, -0.15) is 0 Å². The number of benzene rings is 2. The van der Waals surface area contributed by atoms with Gasteiger partial charge in [-0.1, -0.05) is 61.5 Å². The van der Waals surface area contributed by atoms with Crippen molar-refractivity contribution in [1.29, 1.82) is 0 Å². The van der Waals surface area contributed by atoms with Gasteiger partial charge in [0.2, 0.25) is 0 Å². The van der Waals surface area contributed by atoms with Crippen molar-refractivity contribution in [3.63, 3.8) is 0 Å². The lowest BCUT2D eigenvalue weighted by molar-refractivity contribution is 1.11. The van der Waals surface area contributed by atoms with Crippen molar-refractivity contribution < 1.29 is 0 Å². The Hall–Kier alpha value is -2.72. The topological polar surface area (TPSA) is 37.8 Å². The predicted octanol–water partition coefficient (Wildman–Crippen LogP) is 5.53. The monoisotopic (exact) mass is 345 g/mol. The Morgan fingerprint density at radius 1 is 0.920 bits per heavy atom. The van der Waals surface area contributed by atoms with Gasteiger partial charge in [0.05, 0.1) is 5.39 Å². The van der Waals surface area contributed by atoms with Gasteiger partial charge in [0, 0.05) is 17.5 Å². The summed E-state index contributed by atoms with van der Waals surface area (Å²) >= 11 is 1.66. The van der Waals surface area contributed by atoms with Crippen LogP contribution in [0.4, 0.5) is 5.82 Å². The van der Waals surface area contributed by atoms with Gasteiger partial charge in [0.1, 0.15) is 17.0 Å². The molecule has 2 heterocycles. The third-order valence-electron chi connectivity index (χ3n) is 4.35. The van der Waals surface area contributed by atoms with Crippen molar-refractivity contribution in [3.05, 3.63) is 77.4 Å².